The van der Waals surface area contributed by atoms with Crippen molar-refractivity contribution in [3.8, 4) is 21.3 Å². The number of rotatable bonds is 7. The van der Waals surface area contributed by atoms with Gasteiger partial charge in [0.05, 0.1) is 30.1 Å². The molecule has 27 heavy (non-hydrogen) atoms. The predicted molar refractivity (Wildman–Crippen MR) is 107 cm³/mol. The van der Waals surface area contributed by atoms with Gasteiger partial charge in [-0.25, -0.2) is 15.0 Å². The van der Waals surface area contributed by atoms with Crippen LogP contribution in [0.5, 0.6) is 0 Å². The minimum absolute atomic E-state index is 0.661. The third kappa shape index (κ3) is 3.70. The Balaban J connectivity index is 1.60. The molecule has 0 unspecified atom stereocenters. The maximum atomic E-state index is 5.18. The molecule has 0 N–H and O–H groups in total. The number of hydrogen-bond acceptors (Lipinski definition) is 5. The van der Waals surface area contributed by atoms with Crippen LogP contribution in [0.15, 0.2) is 55.4 Å². The van der Waals surface area contributed by atoms with E-state index >= 15 is 0 Å². The summed E-state index contributed by atoms with van der Waals surface area (Å²) in [6, 6.07) is 8.32. The van der Waals surface area contributed by atoms with E-state index in [1.807, 2.05) is 43.2 Å². The predicted octanol–water partition coefficient (Wildman–Crippen LogP) is 3.87. The molecule has 4 aromatic rings. The van der Waals surface area contributed by atoms with Gasteiger partial charge in [0.25, 0.3) is 0 Å². The molecule has 3 aromatic heterocycles. The first kappa shape index (κ1) is 17.6. The van der Waals surface area contributed by atoms with E-state index < -0.39 is 0 Å². The first-order valence-corrected chi connectivity index (χ1v) is 9.59. The molecule has 0 aliphatic heterocycles. The summed E-state index contributed by atoms with van der Waals surface area (Å²) in [5, 5.41) is 1.02. The van der Waals surface area contributed by atoms with Crippen LogP contribution in [-0.2, 0) is 17.8 Å². The van der Waals surface area contributed by atoms with Gasteiger partial charge < -0.3 is 13.9 Å². The number of ether oxygens (including phenoxy) is 1. The van der Waals surface area contributed by atoms with E-state index in [4.69, 9.17) is 4.74 Å². The average molecular weight is 379 g/mol. The second-order valence-corrected chi connectivity index (χ2v) is 7.33. The number of hydrogen-bond donors (Lipinski definition) is 0. The van der Waals surface area contributed by atoms with Gasteiger partial charge in [-0.05, 0) is 12.5 Å². The van der Waals surface area contributed by atoms with Crippen molar-refractivity contribution in [1.82, 2.24) is 24.1 Å². The number of aromatic nitrogens is 5. The smallest absolute Gasteiger partial charge is 0.152 e. The molecule has 7 heteroatoms. The first-order valence-electron chi connectivity index (χ1n) is 8.77. The fourth-order valence-corrected chi connectivity index (χ4v) is 4.04. The minimum atomic E-state index is 0.661. The number of thiazole rings is 1. The third-order valence-corrected chi connectivity index (χ3v) is 5.51. The van der Waals surface area contributed by atoms with Crippen LogP contribution in [0.3, 0.4) is 0 Å². The largest absolute Gasteiger partial charge is 0.383 e. The van der Waals surface area contributed by atoms with Crippen molar-refractivity contribution in [3.63, 3.8) is 0 Å². The highest BCUT2D eigenvalue weighted by molar-refractivity contribution is 7.18. The van der Waals surface area contributed by atoms with Crippen LogP contribution >= 0.6 is 11.3 Å². The van der Waals surface area contributed by atoms with E-state index in [1.54, 1.807) is 18.4 Å². The standard InChI is InChI=1S/C20H21N5OS/c1-15-5-3-4-6-17(15)20-23-12-18(27-20)19-22-7-8-24(19)13-16-11-21-14-25(16)9-10-26-2/h3-8,11-12,14H,9-10,13H2,1-2H3. The molecule has 4 rings (SSSR count). The van der Waals surface area contributed by atoms with E-state index in [2.05, 4.69) is 43.1 Å². The maximum absolute atomic E-state index is 5.18. The second kappa shape index (κ2) is 7.85. The molecule has 138 valence electrons. The molecular weight excluding hydrogens is 358 g/mol. The average Bonchev–Trinajstić information content (AvgIpc) is 3.41. The summed E-state index contributed by atoms with van der Waals surface area (Å²) in [5.41, 5.74) is 3.52. The highest BCUT2D eigenvalue weighted by atomic mass is 32.1. The van der Waals surface area contributed by atoms with Crippen molar-refractivity contribution in [3.05, 3.63) is 66.6 Å². The Morgan fingerprint density at radius 3 is 2.85 bits per heavy atom. The van der Waals surface area contributed by atoms with Gasteiger partial charge in [0.15, 0.2) is 5.82 Å². The monoisotopic (exact) mass is 379 g/mol. The lowest BCUT2D eigenvalue weighted by Crippen LogP contribution is -2.10. The quantitative estimate of drug-likeness (QED) is 0.489. The van der Waals surface area contributed by atoms with E-state index in [9.17, 15) is 0 Å². The molecule has 0 fully saturated rings. The van der Waals surface area contributed by atoms with Gasteiger partial charge in [-0.3, -0.25) is 0 Å². The van der Waals surface area contributed by atoms with Gasteiger partial charge in [-0.15, -0.1) is 11.3 Å². The van der Waals surface area contributed by atoms with Crippen LogP contribution in [0.25, 0.3) is 21.3 Å². The molecule has 0 amide bonds. The number of aryl methyl sites for hydroxylation is 1. The van der Waals surface area contributed by atoms with Crippen LogP contribution in [0.4, 0.5) is 0 Å². The van der Waals surface area contributed by atoms with Crippen molar-refractivity contribution < 1.29 is 4.74 Å². The van der Waals surface area contributed by atoms with Gasteiger partial charge in [-0.1, -0.05) is 24.3 Å². The number of methoxy groups -OCH3 is 1. The Labute approximate surface area is 162 Å². The Morgan fingerprint density at radius 1 is 1.11 bits per heavy atom. The summed E-state index contributed by atoms with van der Waals surface area (Å²) < 4.78 is 9.42. The Bertz CT molecular complexity index is 1030. The van der Waals surface area contributed by atoms with Crippen molar-refractivity contribution in [2.24, 2.45) is 0 Å². The summed E-state index contributed by atoms with van der Waals surface area (Å²) in [4.78, 5) is 14.5. The summed E-state index contributed by atoms with van der Waals surface area (Å²) >= 11 is 1.67. The van der Waals surface area contributed by atoms with Crippen LogP contribution in [0, 0.1) is 6.92 Å². The van der Waals surface area contributed by atoms with Crippen LogP contribution in [0.2, 0.25) is 0 Å². The van der Waals surface area contributed by atoms with Gasteiger partial charge in [-0.2, -0.15) is 0 Å². The molecule has 3 heterocycles. The van der Waals surface area contributed by atoms with Gasteiger partial charge in [0.1, 0.15) is 5.01 Å². The summed E-state index contributed by atoms with van der Waals surface area (Å²) in [5.74, 6) is 0.923. The zero-order chi connectivity index (χ0) is 18.6. The lowest BCUT2D eigenvalue weighted by atomic mass is 10.1. The molecule has 0 bridgehead atoms. The highest BCUT2D eigenvalue weighted by Crippen LogP contribution is 2.32. The molecule has 0 saturated heterocycles. The number of nitrogens with zero attached hydrogens (tertiary/aromatic N) is 5. The Hall–Kier alpha value is -2.77. The van der Waals surface area contributed by atoms with Crippen molar-refractivity contribution in [2.45, 2.75) is 20.0 Å². The normalized spacial score (nSPS) is 11.2. The lowest BCUT2D eigenvalue weighted by molar-refractivity contribution is 0.186. The van der Waals surface area contributed by atoms with Crippen LogP contribution < -0.4 is 0 Å². The zero-order valence-corrected chi connectivity index (χ0v) is 16.2. The summed E-state index contributed by atoms with van der Waals surface area (Å²) in [6.45, 7) is 4.26. The first-order chi connectivity index (χ1) is 13.3. The highest BCUT2D eigenvalue weighted by Gasteiger charge is 2.14. The molecule has 6 nitrogen and oxygen atoms in total. The van der Waals surface area contributed by atoms with Crippen molar-refractivity contribution in [1.29, 1.82) is 0 Å². The molecule has 0 saturated carbocycles. The van der Waals surface area contributed by atoms with Crippen LogP contribution in [0.1, 0.15) is 11.3 Å². The van der Waals surface area contributed by atoms with Gasteiger partial charge in [0, 0.05) is 44.0 Å². The van der Waals surface area contributed by atoms with E-state index in [0.717, 1.165) is 27.9 Å². The Kier molecular flexibility index (Phi) is 5.13. The van der Waals surface area contributed by atoms with Crippen molar-refractivity contribution in [2.75, 3.05) is 13.7 Å². The van der Waals surface area contributed by atoms with E-state index in [-0.39, 0.29) is 0 Å². The zero-order valence-electron chi connectivity index (χ0n) is 15.4. The molecule has 1 aromatic carbocycles. The SMILES string of the molecule is COCCn1cncc1Cn1ccnc1-c1cnc(-c2ccccc2C)s1. The molecular formula is C20H21N5OS. The summed E-state index contributed by atoms with van der Waals surface area (Å²) in [7, 11) is 1.71. The molecule has 0 spiro atoms. The number of imidazole rings is 2. The van der Waals surface area contributed by atoms with E-state index in [0.29, 0.717) is 13.2 Å². The molecule has 0 atom stereocenters. The minimum Gasteiger partial charge on any atom is -0.383 e. The number of benzene rings is 1. The van der Waals surface area contributed by atoms with Crippen molar-refractivity contribution >= 4 is 11.3 Å². The Morgan fingerprint density at radius 2 is 2.00 bits per heavy atom. The fourth-order valence-electron chi connectivity index (χ4n) is 3.02. The molecule has 0 aliphatic carbocycles. The van der Waals surface area contributed by atoms with Gasteiger partial charge in [0.2, 0.25) is 0 Å². The molecule has 0 radical (unpaired) electrons. The fraction of sp³-hybridized carbons (Fsp3) is 0.250. The summed E-state index contributed by atoms with van der Waals surface area (Å²) in [6.07, 6.45) is 9.47. The topological polar surface area (TPSA) is 57.8 Å². The van der Waals surface area contributed by atoms with Crippen LogP contribution in [-0.4, -0.2) is 37.8 Å². The molecule has 0 aliphatic rings. The maximum Gasteiger partial charge on any atom is 0.152 e. The van der Waals surface area contributed by atoms with Gasteiger partial charge >= 0.3 is 0 Å². The lowest BCUT2D eigenvalue weighted by Gasteiger charge is -2.10. The second-order valence-electron chi connectivity index (χ2n) is 6.29. The van der Waals surface area contributed by atoms with E-state index in [1.165, 1.54) is 11.1 Å². The third-order valence-electron chi connectivity index (χ3n) is 4.48.